The number of benzene rings is 4. The molecule has 1 amide bonds. The Bertz CT molecular complexity index is 1630. The maximum absolute atomic E-state index is 13.7. The Balaban J connectivity index is 1.42. The molecule has 4 aromatic carbocycles. The van der Waals surface area contributed by atoms with Crippen LogP contribution in [0.25, 0.3) is 6.08 Å². The lowest BCUT2D eigenvalue weighted by atomic mass is 10.1. The summed E-state index contributed by atoms with van der Waals surface area (Å²) in [5, 5.41) is 1.79. The number of rotatable bonds is 10. The molecule has 0 aromatic heterocycles. The van der Waals surface area contributed by atoms with Gasteiger partial charge in [-0.3, -0.25) is 14.7 Å². The summed E-state index contributed by atoms with van der Waals surface area (Å²) in [6, 6.07) is 29.2. The van der Waals surface area contributed by atoms with Gasteiger partial charge in [0.1, 0.15) is 6.61 Å². The van der Waals surface area contributed by atoms with Gasteiger partial charge in [0, 0.05) is 15.6 Å². The Morgan fingerprint density at radius 3 is 2.33 bits per heavy atom. The number of amides is 1. The molecule has 214 valence electrons. The van der Waals surface area contributed by atoms with Crippen molar-refractivity contribution >= 4 is 74.7 Å². The zero-order valence-electron chi connectivity index (χ0n) is 22.7. The van der Waals surface area contributed by atoms with Crippen LogP contribution in [0.2, 0.25) is 10.0 Å². The first kappa shape index (κ1) is 30.5. The fourth-order valence-electron chi connectivity index (χ4n) is 4.29. The van der Waals surface area contributed by atoms with Crippen LogP contribution >= 0.6 is 57.6 Å². The maximum atomic E-state index is 13.7. The van der Waals surface area contributed by atoms with E-state index < -0.39 is 0 Å². The van der Waals surface area contributed by atoms with Gasteiger partial charge in [-0.25, -0.2) is 0 Å². The third kappa shape index (κ3) is 7.69. The van der Waals surface area contributed by atoms with Crippen molar-refractivity contribution in [3.63, 3.8) is 0 Å². The normalized spacial score (nSPS) is 15.0. The summed E-state index contributed by atoms with van der Waals surface area (Å²) in [6.07, 6.45) is 1.89. The lowest BCUT2D eigenvalue weighted by molar-refractivity contribution is -0.122. The number of thioether (sulfide) groups is 1. The molecule has 0 unspecified atom stereocenters. The second-order valence-electron chi connectivity index (χ2n) is 9.36. The molecule has 0 spiro atoms. The van der Waals surface area contributed by atoms with E-state index in [9.17, 15) is 4.79 Å². The van der Waals surface area contributed by atoms with Gasteiger partial charge in [0.25, 0.3) is 5.91 Å². The highest BCUT2D eigenvalue weighted by Crippen LogP contribution is 2.39. The number of hydrogen-bond donors (Lipinski definition) is 0. The zero-order chi connectivity index (χ0) is 29.5. The Kier molecular flexibility index (Phi) is 10.5. The number of nitrogens with zero attached hydrogens (tertiary/aromatic N) is 2. The molecule has 1 fully saturated rings. The molecule has 0 radical (unpaired) electrons. The van der Waals surface area contributed by atoms with Crippen LogP contribution in [0.5, 0.6) is 11.5 Å². The SMILES string of the molecule is CCOc1cc(/C=C2\SC(=NCc3ccccc3)N(Cc3ccccc3)C2=O)cc(I)c1OCc1ccc(Cl)cc1Cl. The van der Waals surface area contributed by atoms with Crippen molar-refractivity contribution in [2.24, 2.45) is 4.99 Å². The van der Waals surface area contributed by atoms with Crippen molar-refractivity contribution in [2.75, 3.05) is 6.61 Å². The van der Waals surface area contributed by atoms with Gasteiger partial charge in [0.05, 0.1) is 28.2 Å². The summed E-state index contributed by atoms with van der Waals surface area (Å²) in [7, 11) is 0. The van der Waals surface area contributed by atoms with Crippen LogP contribution < -0.4 is 9.47 Å². The first-order chi connectivity index (χ1) is 20.4. The molecule has 0 saturated carbocycles. The van der Waals surface area contributed by atoms with Crippen LogP contribution in [0.3, 0.4) is 0 Å². The minimum atomic E-state index is -0.0821. The highest BCUT2D eigenvalue weighted by molar-refractivity contribution is 14.1. The summed E-state index contributed by atoms with van der Waals surface area (Å²) in [5.41, 5.74) is 3.77. The average Bonchev–Trinajstić information content (AvgIpc) is 3.27. The van der Waals surface area contributed by atoms with Crippen molar-refractivity contribution in [3.8, 4) is 11.5 Å². The number of halogens is 3. The van der Waals surface area contributed by atoms with Crippen LogP contribution in [0.1, 0.15) is 29.2 Å². The fourth-order valence-corrected chi connectivity index (χ4v) is 6.51. The van der Waals surface area contributed by atoms with Crippen molar-refractivity contribution < 1.29 is 14.3 Å². The van der Waals surface area contributed by atoms with E-state index in [4.69, 9.17) is 37.7 Å². The summed E-state index contributed by atoms with van der Waals surface area (Å²) in [4.78, 5) is 20.9. The molecule has 0 bridgehead atoms. The van der Waals surface area contributed by atoms with Gasteiger partial charge in [-0.2, -0.15) is 0 Å². The van der Waals surface area contributed by atoms with Crippen molar-refractivity contribution in [2.45, 2.75) is 26.6 Å². The van der Waals surface area contributed by atoms with Crippen molar-refractivity contribution in [1.29, 1.82) is 0 Å². The Morgan fingerprint density at radius 1 is 0.929 bits per heavy atom. The van der Waals surface area contributed by atoms with E-state index in [1.54, 1.807) is 17.0 Å². The quantitative estimate of drug-likeness (QED) is 0.121. The van der Waals surface area contributed by atoms with Gasteiger partial charge < -0.3 is 9.47 Å². The Labute approximate surface area is 273 Å². The lowest BCUT2D eigenvalue weighted by Gasteiger charge is -2.16. The number of hydrogen-bond acceptors (Lipinski definition) is 5. The molecule has 0 aliphatic carbocycles. The van der Waals surface area contributed by atoms with Gasteiger partial charge in [-0.15, -0.1) is 0 Å². The summed E-state index contributed by atoms with van der Waals surface area (Å²) in [5.74, 6) is 1.13. The smallest absolute Gasteiger partial charge is 0.267 e. The fraction of sp³-hybridized carbons (Fsp3) is 0.152. The van der Waals surface area contributed by atoms with Gasteiger partial charge in [0.2, 0.25) is 0 Å². The molecule has 5 rings (SSSR count). The van der Waals surface area contributed by atoms with E-state index in [1.807, 2.05) is 91.9 Å². The summed E-state index contributed by atoms with van der Waals surface area (Å²) in [6.45, 7) is 3.58. The standard InChI is InChI=1S/C33H27Cl2IN2O3S/c1-2-40-29-16-24(15-28(36)31(29)41-21-25-13-14-26(34)18-27(25)35)17-30-32(39)38(20-23-11-7-4-8-12-23)33(42-30)37-19-22-9-5-3-6-10-22/h3-18H,2,19-21H2,1H3/b30-17-,37-33?. The molecule has 1 aliphatic rings. The average molecular weight is 729 g/mol. The van der Waals surface area contributed by atoms with Crippen LogP contribution in [0, 0.1) is 3.57 Å². The maximum Gasteiger partial charge on any atom is 0.267 e. The van der Waals surface area contributed by atoms with Crippen LogP contribution in [-0.2, 0) is 24.5 Å². The highest BCUT2D eigenvalue weighted by atomic mass is 127. The monoisotopic (exact) mass is 728 g/mol. The van der Waals surface area contributed by atoms with E-state index in [1.165, 1.54) is 11.8 Å². The van der Waals surface area contributed by atoms with Crippen molar-refractivity contribution in [1.82, 2.24) is 4.90 Å². The number of amidine groups is 1. The summed E-state index contributed by atoms with van der Waals surface area (Å²) < 4.78 is 13.0. The molecule has 4 aromatic rings. The van der Waals surface area contributed by atoms with Gasteiger partial charge in [0.15, 0.2) is 16.7 Å². The molecular formula is C33H27Cl2IN2O3S. The number of carbonyl (C=O) groups is 1. The molecule has 1 aliphatic heterocycles. The number of aliphatic imine (C=N–C) groups is 1. The number of ether oxygens (including phenoxy) is 2. The predicted octanol–water partition coefficient (Wildman–Crippen LogP) is 9.25. The zero-order valence-corrected chi connectivity index (χ0v) is 27.2. The Hall–Kier alpha value is -2.98. The first-order valence-electron chi connectivity index (χ1n) is 13.3. The van der Waals surface area contributed by atoms with Crippen LogP contribution in [-0.4, -0.2) is 22.6 Å². The largest absolute Gasteiger partial charge is 0.490 e. The highest BCUT2D eigenvalue weighted by Gasteiger charge is 2.33. The van der Waals surface area contributed by atoms with E-state index in [0.29, 0.717) is 51.3 Å². The molecule has 1 heterocycles. The second kappa shape index (κ2) is 14.5. The van der Waals surface area contributed by atoms with Gasteiger partial charge in [-0.05, 0) is 88.3 Å². The van der Waals surface area contributed by atoms with Crippen LogP contribution in [0.15, 0.2) is 101 Å². The van der Waals surface area contributed by atoms with Gasteiger partial charge >= 0.3 is 0 Å². The predicted molar refractivity (Wildman–Crippen MR) is 181 cm³/mol. The van der Waals surface area contributed by atoms with Crippen molar-refractivity contribution in [3.05, 3.63) is 132 Å². The van der Waals surface area contributed by atoms with E-state index in [2.05, 4.69) is 22.6 Å². The van der Waals surface area contributed by atoms with E-state index >= 15 is 0 Å². The molecule has 1 saturated heterocycles. The number of carbonyl (C=O) groups excluding carboxylic acids is 1. The molecule has 0 atom stereocenters. The van der Waals surface area contributed by atoms with Gasteiger partial charge in [-0.1, -0.05) is 89.9 Å². The van der Waals surface area contributed by atoms with E-state index in [-0.39, 0.29) is 12.5 Å². The molecule has 9 heteroatoms. The minimum Gasteiger partial charge on any atom is -0.490 e. The Morgan fingerprint density at radius 2 is 1.64 bits per heavy atom. The molecule has 5 nitrogen and oxygen atoms in total. The third-order valence-electron chi connectivity index (χ3n) is 6.33. The second-order valence-corrected chi connectivity index (χ2v) is 12.4. The first-order valence-corrected chi connectivity index (χ1v) is 15.9. The minimum absolute atomic E-state index is 0.0821. The van der Waals surface area contributed by atoms with Crippen LogP contribution in [0.4, 0.5) is 0 Å². The topological polar surface area (TPSA) is 51.1 Å². The summed E-state index contributed by atoms with van der Waals surface area (Å²) >= 11 is 16.0. The third-order valence-corrected chi connectivity index (χ3v) is 8.76. The van der Waals surface area contributed by atoms with E-state index in [0.717, 1.165) is 25.8 Å². The lowest BCUT2D eigenvalue weighted by Crippen LogP contribution is -2.28. The molecule has 42 heavy (non-hydrogen) atoms. The molecule has 0 N–H and O–H groups in total. The molecular weight excluding hydrogens is 702 g/mol.